The second-order valence-electron chi connectivity index (χ2n) is 10.4. The molecule has 42 heavy (non-hydrogen) atoms. The van der Waals surface area contributed by atoms with Gasteiger partial charge in [0.1, 0.15) is 5.69 Å². The Balaban J connectivity index is 1.37. The second kappa shape index (κ2) is 13.5. The van der Waals surface area contributed by atoms with Crippen LogP contribution in [0.4, 0.5) is 5.69 Å². The van der Waals surface area contributed by atoms with Gasteiger partial charge in [-0.1, -0.05) is 17.9 Å². The van der Waals surface area contributed by atoms with Crippen LogP contribution in [-0.4, -0.2) is 78.4 Å². The van der Waals surface area contributed by atoms with Gasteiger partial charge in [-0.25, -0.2) is 4.21 Å². The highest BCUT2D eigenvalue weighted by Gasteiger charge is 2.25. The molecule has 0 aliphatic carbocycles. The van der Waals surface area contributed by atoms with Crippen molar-refractivity contribution < 1.29 is 23.7 Å². The molecular weight excluding hydrogens is 556 g/mol. The van der Waals surface area contributed by atoms with Crippen molar-refractivity contribution in [3.8, 4) is 11.8 Å². The number of carbonyl (C=O) groups is 3. The number of piperidine rings is 1. The van der Waals surface area contributed by atoms with Crippen LogP contribution in [0.15, 0.2) is 53.2 Å². The van der Waals surface area contributed by atoms with Gasteiger partial charge < -0.3 is 15.3 Å². The lowest BCUT2D eigenvalue weighted by atomic mass is 9.98. The van der Waals surface area contributed by atoms with Crippen LogP contribution >= 0.6 is 0 Å². The molecule has 0 radical (unpaired) electrons. The Labute approximate surface area is 245 Å². The Kier molecular flexibility index (Phi) is 9.88. The smallest absolute Gasteiger partial charge is 0.307 e. The third-order valence-electron chi connectivity index (χ3n) is 6.82. The number of hydrogen-bond donors (Lipinski definition) is 2. The second-order valence-corrected chi connectivity index (χ2v) is 12.9. The number of nitrogens with zero attached hydrogens (tertiary/aromatic N) is 5. The first kappa shape index (κ1) is 30.6. The Morgan fingerprint density at radius 3 is 2.69 bits per heavy atom. The molecule has 12 heteroatoms. The molecule has 2 N–H and O–H groups in total. The van der Waals surface area contributed by atoms with Gasteiger partial charge in [-0.3, -0.25) is 24.0 Å². The first-order valence-corrected chi connectivity index (χ1v) is 15.7. The topological polar surface area (TPSA) is 147 Å². The van der Waals surface area contributed by atoms with Crippen molar-refractivity contribution in [2.24, 2.45) is 17.3 Å². The first-order valence-electron chi connectivity index (χ1n) is 13.6. The Bertz CT molecular complexity index is 1680. The average molecular weight is 591 g/mol. The van der Waals surface area contributed by atoms with Gasteiger partial charge in [0.2, 0.25) is 0 Å². The van der Waals surface area contributed by atoms with E-state index in [1.165, 1.54) is 23.3 Å². The fraction of sp³-hybridized carbons (Fsp3) is 0.367. The molecule has 0 bridgehead atoms. The zero-order valence-electron chi connectivity index (χ0n) is 23.9. The van der Waals surface area contributed by atoms with E-state index in [2.05, 4.69) is 36.5 Å². The number of rotatable bonds is 8. The van der Waals surface area contributed by atoms with Crippen LogP contribution in [0.3, 0.4) is 0 Å². The SMILES string of the molecule is Cc1cc(C(=O)Nc2cccc(C#Cc3cncc(C(=O)N=[S@](C)(=O)CCCN4CCCC(C(=O)O)C4)c3)c2)n(C)n1. The van der Waals surface area contributed by atoms with Gasteiger partial charge in [-0.15, -0.1) is 0 Å². The van der Waals surface area contributed by atoms with E-state index in [1.807, 2.05) is 6.92 Å². The van der Waals surface area contributed by atoms with Crippen molar-refractivity contribution in [3.63, 3.8) is 0 Å². The summed E-state index contributed by atoms with van der Waals surface area (Å²) in [6.07, 6.45) is 6.38. The van der Waals surface area contributed by atoms with Crippen LogP contribution in [0, 0.1) is 24.7 Å². The van der Waals surface area contributed by atoms with Gasteiger partial charge in [0.25, 0.3) is 11.8 Å². The predicted molar refractivity (Wildman–Crippen MR) is 160 cm³/mol. The third kappa shape index (κ3) is 8.58. The van der Waals surface area contributed by atoms with Gasteiger partial charge in [0.15, 0.2) is 0 Å². The van der Waals surface area contributed by atoms with Crippen molar-refractivity contribution in [3.05, 3.63) is 76.9 Å². The standard InChI is InChI=1S/C30H34N6O5S/c1-21-15-27(35(2)33-21)29(38)32-26-9-4-7-22(17-26)10-11-23-16-25(19-31-18-23)28(37)34-42(3,41)14-6-13-36-12-5-8-24(20-36)30(39)40/h4,7,9,15-19,24H,5-6,8,12-14,20H2,1-3H3,(H,32,38)(H,39,40)/t24?,42-/m1/s1. The molecule has 1 aromatic carbocycles. The molecule has 1 aliphatic rings. The van der Waals surface area contributed by atoms with E-state index in [0.29, 0.717) is 48.4 Å². The number of likely N-dealkylation sites (tertiary alicyclic amines) is 1. The maximum atomic E-state index is 13.0. The number of aliphatic carboxylic acids is 1. The minimum absolute atomic E-state index is 0.184. The van der Waals surface area contributed by atoms with Crippen molar-refractivity contribution >= 4 is 33.2 Å². The maximum Gasteiger partial charge on any atom is 0.307 e. The third-order valence-corrected chi connectivity index (χ3v) is 8.42. The van der Waals surface area contributed by atoms with Crippen LogP contribution in [-0.2, 0) is 21.6 Å². The number of aromatic nitrogens is 3. The number of aryl methyl sites for hydroxylation is 2. The van der Waals surface area contributed by atoms with Crippen molar-refractivity contribution in [1.29, 1.82) is 0 Å². The normalized spacial score (nSPS) is 16.5. The molecule has 1 unspecified atom stereocenters. The molecule has 1 aliphatic heterocycles. The summed E-state index contributed by atoms with van der Waals surface area (Å²) in [6, 6.07) is 10.3. The molecule has 1 fully saturated rings. The van der Waals surface area contributed by atoms with Gasteiger partial charge in [-0.2, -0.15) is 9.46 Å². The van der Waals surface area contributed by atoms with E-state index < -0.39 is 21.6 Å². The summed E-state index contributed by atoms with van der Waals surface area (Å²) in [4.78, 5) is 42.8. The molecule has 11 nitrogen and oxygen atoms in total. The minimum atomic E-state index is -2.79. The molecule has 4 rings (SSSR count). The molecule has 2 amide bonds. The Morgan fingerprint density at radius 1 is 1.17 bits per heavy atom. The zero-order valence-corrected chi connectivity index (χ0v) is 24.7. The minimum Gasteiger partial charge on any atom is -0.481 e. The Hall–Kier alpha value is -4.34. The number of anilines is 1. The van der Waals surface area contributed by atoms with Gasteiger partial charge in [-0.05, 0) is 69.6 Å². The molecule has 0 spiro atoms. The molecule has 3 aromatic rings. The van der Waals surface area contributed by atoms with Crippen LogP contribution < -0.4 is 5.32 Å². The summed E-state index contributed by atoms with van der Waals surface area (Å²) in [5.41, 5.74) is 3.08. The number of amides is 2. The number of nitrogens with one attached hydrogen (secondary N) is 1. The van der Waals surface area contributed by atoms with Crippen molar-refractivity contribution in [2.75, 3.05) is 37.0 Å². The summed E-state index contributed by atoms with van der Waals surface area (Å²) in [6.45, 7) is 3.73. The summed E-state index contributed by atoms with van der Waals surface area (Å²) in [7, 11) is -1.08. The lowest BCUT2D eigenvalue weighted by molar-refractivity contribution is -0.143. The summed E-state index contributed by atoms with van der Waals surface area (Å²) in [5.74, 6) is 4.15. The molecular formula is C30H34N6O5S. The molecule has 1 saturated heterocycles. The lowest BCUT2D eigenvalue weighted by Crippen LogP contribution is -2.39. The molecule has 2 aromatic heterocycles. The molecule has 0 saturated carbocycles. The number of benzene rings is 1. The number of carbonyl (C=O) groups excluding carboxylic acids is 2. The highest BCUT2D eigenvalue weighted by Crippen LogP contribution is 2.17. The number of carboxylic acids is 1. The maximum absolute atomic E-state index is 13.0. The van der Waals surface area contributed by atoms with Gasteiger partial charge >= 0.3 is 5.97 Å². The Morgan fingerprint density at radius 2 is 1.95 bits per heavy atom. The van der Waals surface area contributed by atoms with Crippen molar-refractivity contribution in [1.82, 2.24) is 19.7 Å². The molecule has 220 valence electrons. The summed E-state index contributed by atoms with van der Waals surface area (Å²) >= 11 is 0. The van der Waals surface area contributed by atoms with Crippen LogP contribution in [0.2, 0.25) is 0 Å². The van der Waals surface area contributed by atoms with Crippen molar-refractivity contribution in [2.45, 2.75) is 26.2 Å². The monoisotopic (exact) mass is 590 g/mol. The quantitative estimate of drug-likeness (QED) is 0.380. The van der Waals surface area contributed by atoms with E-state index >= 15 is 0 Å². The molecule has 2 atom stereocenters. The lowest BCUT2D eigenvalue weighted by Gasteiger charge is -2.30. The largest absolute Gasteiger partial charge is 0.481 e. The van der Waals surface area contributed by atoms with E-state index in [-0.39, 0.29) is 23.1 Å². The van der Waals surface area contributed by atoms with E-state index in [0.717, 1.165) is 18.7 Å². The summed E-state index contributed by atoms with van der Waals surface area (Å²) < 4.78 is 18.5. The van der Waals surface area contributed by atoms with Gasteiger partial charge in [0.05, 0.1) is 26.9 Å². The van der Waals surface area contributed by atoms with Crippen LogP contribution in [0.25, 0.3) is 0 Å². The van der Waals surface area contributed by atoms with Crippen LogP contribution in [0.1, 0.15) is 56.9 Å². The number of pyridine rings is 1. The predicted octanol–water partition coefficient (Wildman–Crippen LogP) is 3.20. The fourth-order valence-corrected chi connectivity index (χ4v) is 5.96. The van der Waals surface area contributed by atoms with E-state index in [9.17, 15) is 23.7 Å². The number of carboxylic acid groups (broad SMARTS) is 1. The highest BCUT2D eigenvalue weighted by molar-refractivity contribution is 7.93. The van der Waals surface area contributed by atoms with E-state index in [4.69, 9.17) is 0 Å². The fourth-order valence-electron chi connectivity index (χ4n) is 4.75. The van der Waals surface area contributed by atoms with E-state index in [1.54, 1.807) is 43.4 Å². The zero-order chi connectivity index (χ0) is 30.3. The number of hydrogen-bond acceptors (Lipinski definition) is 7. The average Bonchev–Trinajstić information content (AvgIpc) is 3.29. The van der Waals surface area contributed by atoms with Gasteiger partial charge in [0, 0.05) is 54.8 Å². The molecule has 3 heterocycles. The van der Waals surface area contributed by atoms with Crippen LogP contribution in [0.5, 0.6) is 0 Å². The summed E-state index contributed by atoms with van der Waals surface area (Å²) in [5, 5.41) is 16.3. The first-order chi connectivity index (χ1) is 20.0. The highest BCUT2D eigenvalue weighted by atomic mass is 32.2.